The monoisotopic (exact) mass is 253 g/mol. The molecule has 6 heteroatoms. The number of nitrogens with zero attached hydrogens (tertiary/aromatic N) is 2. The lowest BCUT2D eigenvalue weighted by Gasteiger charge is -2.09. The Kier molecular flexibility index (Phi) is 5.90. The number of aromatic nitrogens is 2. The fourth-order valence-corrected chi connectivity index (χ4v) is 1.24. The Morgan fingerprint density at radius 2 is 2.28 bits per heavy atom. The van der Waals surface area contributed by atoms with E-state index in [4.69, 9.17) is 9.47 Å². The van der Waals surface area contributed by atoms with Crippen molar-refractivity contribution in [3.63, 3.8) is 0 Å². The molecule has 1 rings (SSSR count). The predicted molar refractivity (Wildman–Crippen MR) is 67.5 cm³/mol. The zero-order valence-corrected chi connectivity index (χ0v) is 11.0. The summed E-state index contributed by atoms with van der Waals surface area (Å²) in [6.45, 7) is 6.46. The van der Waals surface area contributed by atoms with Gasteiger partial charge in [0.15, 0.2) is 0 Å². The van der Waals surface area contributed by atoms with Crippen LogP contribution in [0.15, 0.2) is 12.3 Å². The van der Waals surface area contributed by atoms with Crippen LogP contribution in [0.4, 0.5) is 5.95 Å². The second-order valence-electron chi connectivity index (χ2n) is 3.87. The largest absolute Gasteiger partial charge is 0.475 e. The highest BCUT2D eigenvalue weighted by Crippen LogP contribution is 2.10. The summed E-state index contributed by atoms with van der Waals surface area (Å²) in [6, 6.07) is 1.69. The van der Waals surface area contributed by atoms with E-state index in [1.54, 1.807) is 19.2 Å². The molecule has 0 radical (unpaired) electrons. The Labute approximate surface area is 107 Å². The van der Waals surface area contributed by atoms with Crippen molar-refractivity contribution in [2.24, 2.45) is 0 Å². The summed E-state index contributed by atoms with van der Waals surface area (Å²) >= 11 is 0. The smallest absolute Gasteiger partial charge is 0.307 e. The summed E-state index contributed by atoms with van der Waals surface area (Å²) in [5, 5.41) is 2.94. The first-order valence-electron chi connectivity index (χ1n) is 6.01. The van der Waals surface area contributed by atoms with Crippen LogP contribution in [-0.2, 0) is 9.53 Å². The van der Waals surface area contributed by atoms with Crippen molar-refractivity contribution in [1.29, 1.82) is 0 Å². The normalized spacial score (nSPS) is 10.2. The Morgan fingerprint density at radius 3 is 2.94 bits per heavy atom. The third kappa shape index (κ3) is 5.47. The molecule has 0 aliphatic rings. The van der Waals surface area contributed by atoms with Crippen LogP contribution in [-0.4, -0.2) is 35.2 Å². The van der Waals surface area contributed by atoms with E-state index in [0.717, 1.165) is 0 Å². The van der Waals surface area contributed by atoms with Crippen molar-refractivity contribution in [2.45, 2.75) is 33.3 Å². The van der Waals surface area contributed by atoms with Crippen LogP contribution < -0.4 is 10.1 Å². The molecule has 1 N–H and O–H groups in total. The molecular weight excluding hydrogens is 234 g/mol. The van der Waals surface area contributed by atoms with Gasteiger partial charge in [0.25, 0.3) is 0 Å². The fraction of sp³-hybridized carbons (Fsp3) is 0.583. The minimum absolute atomic E-state index is 0.0623. The third-order valence-electron chi connectivity index (χ3n) is 1.90. The molecule has 18 heavy (non-hydrogen) atoms. The molecule has 0 bridgehead atoms. The number of esters is 1. The van der Waals surface area contributed by atoms with Crippen molar-refractivity contribution in [3.8, 4) is 5.88 Å². The second kappa shape index (κ2) is 7.47. The van der Waals surface area contributed by atoms with E-state index in [1.165, 1.54) is 0 Å². The molecule has 0 aromatic carbocycles. The first-order chi connectivity index (χ1) is 8.61. The van der Waals surface area contributed by atoms with Crippen LogP contribution in [0, 0.1) is 0 Å². The van der Waals surface area contributed by atoms with Gasteiger partial charge in [0.1, 0.15) is 0 Å². The number of nitrogens with one attached hydrogen (secondary N) is 1. The molecule has 0 saturated heterocycles. The fourth-order valence-electron chi connectivity index (χ4n) is 1.24. The molecule has 0 aliphatic heterocycles. The van der Waals surface area contributed by atoms with E-state index in [9.17, 15) is 4.79 Å². The molecule has 1 aromatic heterocycles. The maximum absolute atomic E-state index is 11.1. The lowest BCUT2D eigenvalue weighted by molar-refractivity contribution is -0.142. The molecule has 0 unspecified atom stereocenters. The van der Waals surface area contributed by atoms with Gasteiger partial charge >= 0.3 is 5.97 Å². The van der Waals surface area contributed by atoms with Gasteiger partial charge in [0, 0.05) is 18.8 Å². The van der Waals surface area contributed by atoms with Gasteiger partial charge in [-0.15, -0.1) is 0 Å². The number of hydrogen-bond donors (Lipinski definition) is 1. The number of carbonyl (C=O) groups is 1. The zero-order chi connectivity index (χ0) is 13.4. The molecule has 1 heterocycles. The van der Waals surface area contributed by atoms with E-state index < -0.39 is 0 Å². The van der Waals surface area contributed by atoms with Gasteiger partial charge in [-0.1, -0.05) is 0 Å². The minimum Gasteiger partial charge on any atom is -0.475 e. The Hall–Kier alpha value is -1.85. The number of rotatable bonds is 7. The summed E-state index contributed by atoms with van der Waals surface area (Å²) in [6.07, 6.45) is 1.96. The average Bonchev–Trinajstić information content (AvgIpc) is 2.29. The lowest BCUT2D eigenvalue weighted by Crippen LogP contribution is -2.13. The quantitative estimate of drug-likeness (QED) is 0.744. The topological polar surface area (TPSA) is 73.3 Å². The van der Waals surface area contributed by atoms with Gasteiger partial charge in [-0.25, -0.2) is 4.98 Å². The Morgan fingerprint density at radius 1 is 1.50 bits per heavy atom. The van der Waals surface area contributed by atoms with E-state index in [-0.39, 0.29) is 18.5 Å². The van der Waals surface area contributed by atoms with Crippen LogP contribution in [0.25, 0.3) is 0 Å². The van der Waals surface area contributed by atoms with Gasteiger partial charge in [-0.3, -0.25) is 4.79 Å². The molecule has 100 valence electrons. The molecule has 1 aromatic rings. The molecule has 0 aliphatic carbocycles. The number of hydrogen-bond acceptors (Lipinski definition) is 6. The van der Waals surface area contributed by atoms with Crippen LogP contribution >= 0.6 is 0 Å². The summed E-state index contributed by atoms with van der Waals surface area (Å²) in [5.41, 5.74) is 0. The predicted octanol–water partition coefficient (Wildman–Crippen LogP) is 1.63. The highest BCUT2D eigenvalue weighted by Gasteiger charge is 2.04. The average molecular weight is 253 g/mol. The van der Waals surface area contributed by atoms with Crippen molar-refractivity contribution >= 4 is 11.9 Å². The van der Waals surface area contributed by atoms with Gasteiger partial charge in [0.05, 0.1) is 19.1 Å². The Balaban J connectivity index is 2.40. The van der Waals surface area contributed by atoms with Gasteiger partial charge in [0.2, 0.25) is 11.8 Å². The molecule has 0 saturated carbocycles. The van der Waals surface area contributed by atoms with Crippen LogP contribution in [0.5, 0.6) is 5.88 Å². The van der Waals surface area contributed by atoms with Gasteiger partial charge in [-0.2, -0.15) is 4.98 Å². The summed E-state index contributed by atoms with van der Waals surface area (Å²) in [4.78, 5) is 19.3. The van der Waals surface area contributed by atoms with Crippen LogP contribution in [0.3, 0.4) is 0 Å². The second-order valence-corrected chi connectivity index (χ2v) is 3.87. The maximum atomic E-state index is 11.1. The first kappa shape index (κ1) is 14.2. The van der Waals surface area contributed by atoms with E-state index in [0.29, 0.717) is 25.0 Å². The number of carbonyl (C=O) groups excluding carboxylic acids is 1. The maximum Gasteiger partial charge on any atom is 0.307 e. The zero-order valence-electron chi connectivity index (χ0n) is 11.0. The molecular formula is C12H19N3O3. The summed E-state index contributed by atoms with van der Waals surface area (Å²) < 4.78 is 10.2. The third-order valence-corrected chi connectivity index (χ3v) is 1.90. The first-order valence-corrected chi connectivity index (χ1v) is 6.01. The van der Waals surface area contributed by atoms with E-state index >= 15 is 0 Å². The molecule has 0 spiro atoms. The van der Waals surface area contributed by atoms with E-state index in [2.05, 4.69) is 15.3 Å². The number of anilines is 1. The van der Waals surface area contributed by atoms with Crippen molar-refractivity contribution in [3.05, 3.63) is 12.3 Å². The standard InChI is InChI=1S/C12H19N3O3/c1-4-17-11(16)6-8-14-12-13-7-5-10(15-12)18-9(2)3/h5,7,9H,4,6,8H2,1-3H3,(H,13,14,15). The van der Waals surface area contributed by atoms with Crippen molar-refractivity contribution < 1.29 is 14.3 Å². The summed E-state index contributed by atoms with van der Waals surface area (Å²) in [7, 11) is 0. The Bertz CT molecular complexity index is 383. The summed E-state index contributed by atoms with van der Waals surface area (Å²) in [5.74, 6) is 0.718. The van der Waals surface area contributed by atoms with Gasteiger partial charge in [-0.05, 0) is 20.8 Å². The van der Waals surface area contributed by atoms with Crippen molar-refractivity contribution in [1.82, 2.24) is 9.97 Å². The highest BCUT2D eigenvalue weighted by atomic mass is 16.5. The van der Waals surface area contributed by atoms with Crippen LogP contribution in [0.2, 0.25) is 0 Å². The van der Waals surface area contributed by atoms with E-state index in [1.807, 2.05) is 13.8 Å². The van der Waals surface area contributed by atoms with Gasteiger partial charge < -0.3 is 14.8 Å². The van der Waals surface area contributed by atoms with Crippen molar-refractivity contribution in [2.75, 3.05) is 18.5 Å². The highest BCUT2D eigenvalue weighted by molar-refractivity contribution is 5.69. The van der Waals surface area contributed by atoms with Crippen LogP contribution in [0.1, 0.15) is 27.2 Å². The SMILES string of the molecule is CCOC(=O)CCNc1nccc(OC(C)C)n1. The molecule has 0 atom stereocenters. The molecule has 0 amide bonds. The molecule has 0 fully saturated rings. The number of ether oxygens (including phenoxy) is 2. The molecule has 6 nitrogen and oxygen atoms in total. The minimum atomic E-state index is -0.236. The lowest BCUT2D eigenvalue weighted by atomic mass is 10.4.